The number of rotatable bonds is 12. The van der Waals surface area contributed by atoms with E-state index in [0.717, 1.165) is 26.2 Å². The summed E-state index contributed by atoms with van der Waals surface area (Å²) >= 11 is 0. The molecule has 212 valence electrons. The summed E-state index contributed by atoms with van der Waals surface area (Å²) in [6.45, 7) is 8.55. The van der Waals surface area contributed by atoms with E-state index >= 15 is 0 Å². The van der Waals surface area contributed by atoms with Crippen molar-refractivity contribution in [3.63, 3.8) is 0 Å². The van der Waals surface area contributed by atoms with Crippen LogP contribution in [0.4, 0.5) is 0 Å². The lowest BCUT2D eigenvalue weighted by Crippen LogP contribution is -2.39. The number of hydrogen-bond acceptors (Lipinski definition) is 2. The fraction of sp³-hybridized carbons (Fsp3) is 0.351. The fourth-order valence-corrected chi connectivity index (χ4v) is 14.6. The lowest BCUT2D eigenvalue weighted by atomic mass is 9.99. The summed E-state index contributed by atoms with van der Waals surface area (Å²) < 4.78 is 7.01. The highest BCUT2D eigenvalue weighted by Gasteiger charge is 2.60. The smallest absolute Gasteiger partial charge is 0.0645 e. The van der Waals surface area contributed by atoms with Gasteiger partial charge in [-0.15, -0.1) is 0 Å². The van der Waals surface area contributed by atoms with Gasteiger partial charge in [-0.2, -0.15) is 0 Å². The zero-order valence-corrected chi connectivity index (χ0v) is 26.2. The fourth-order valence-electron chi connectivity index (χ4n) is 7.40. The first-order chi connectivity index (χ1) is 20.3. The number of nitrogens with zero attached hydrogens (tertiary/aromatic N) is 1. The van der Waals surface area contributed by atoms with Crippen LogP contribution in [-0.2, 0) is 4.74 Å². The molecule has 4 heteroatoms. The van der Waals surface area contributed by atoms with E-state index in [9.17, 15) is 0 Å². The van der Waals surface area contributed by atoms with Crippen LogP contribution in [0.15, 0.2) is 121 Å². The van der Waals surface area contributed by atoms with E-state index in [1.807, 2.05) is 0 Å². The molecular formula is C37H43NOP2. The van der Waals surface area contributed by atoms with Gasteiger partial charge in [-0.05, 0) is 74.8 Å². The highest BCUT2D eigenvalue weighted by molar-refractivity contribution is 7.77. The molecule has 4 aromatic carbocycles. The van der Waals surface area contributed by atoms with Crippen molar-refractivity contribution >= 4 is 37.1 Å². The molecule has 41 heavy (non-hydrogen) atoms. The summed E-state index contributed by atoms with van der Waals surface area (Å²) in [7, 11) is -1.11. The molecule has 0 radical (unpaired) electrons. The molecule has 2 bridgehead atoms. The van der Waals surface area contributed by atoms with E-state index in [4.69, 9.17) is 4.74 Å². The van der Waals surface area contributed by atoms with Gasteiger partial charge < -0.3 is 9.64 Å². The summed E-state index contributed by atoms with van der Waals surface area (Å²) in [5.41, 5.74) is 1.16. The standard InChI is InChI=1S/C37H43NOP2/c1-3-38(4-2)27-28-39-35-33-25-26-34(35)37(41(31-21-13-7-14-22-31)32-23-15-8-16-24-32)36(33)40(29-17-9-5-10-18-29)30-19-11-6-12-20-30/h5-24,33-37H,3-4,25-28H2,1-2H3/t33-,34+,35?,36-,37-/m0/s1. The van der Waals surface area contributed by atoms with Crippen LogP contribution < -0.4 is 21.2 Å². The maximum atomic E-state index is 7.01. The average Bonchev–Trinajstić information content (AvgIpc) is 3.57. The molecule has 2 fully saturated rings. The van der Waals surface area contributed by atoms with Gasteiger partial charge in [-0.3, -0.25) is 0 Å². The first kappa shape index (κ1) is 28.8. The van der Waals surface area contributed by atoms with Crippen molar-refractivity contribution in [1.29, 1.82) is 0 Å². The van der Waals surface area contributed by atoms with E-state index in [2.05, 4.69) is 140 Å². The van der Waals surface area contributed by atoms with Crippen molar-refractivity contribution in [3.8, 4) is 0 Å². The van der Waals surface area contributed by atoms with Gasteiger partial charge in [-0.25, -0.2) is 0 Å². The quantitative estimate of drug-likeness (QED) is 0.172. The van der Waals surface area contributed by atoms with Crippen LogP contribution in [0.2, 0.25) is 0 Å². The van der Waals surface area contributed by atoms with Crippen LogP contribution in [0, 0.1) is 11.8 Å². The minimum Gasteiger partial charge on any atom is -0.376 e. The van der Waals surface area contributed by atoms with Crippen molar-refractivity contribution in [2.75, 3.05) is 26.2 Å². The number of likely N-dealkylation sites (N-methyl/N-ethyl adjacent to an activating group) is 1. The molecule has 0 spiro atoms. The third kappa shape index (κ3) is 6.09. The molecule has 1 unspecified atom stereocenters. The molecule has 2 nitrogen and oxygen atoms in total. The highest BCUT2D eigenvalue weighted by Crippen LogP contribution is 2.66. The van der Waals surface area contributed by atoms with E-state index in [1.165, 1.54) is 34.1 Å². The zero-order chi connectivity index (χ0) is 28.0. The van der Waals surface area contributed by atoms with Gasteiger partial charge in [0.1, 0.15) is 0 Å². The van der Waals surface area contributed by atoms with Gasteiger partial charge in [0.15, 0.2) is 0 Å². The zero-order valence-electron chi connectivity index (χ0n) is 24.4. The number of ether oxygens (including phenoxy) is 1. The minimum absolute atomic E-state index is 0.343. The van der Waals surface area contributed by atoms with Crippen LogP contribution in [0.1, 0.15) is 26.7 Å². The molecule has 0 amide bonds. The second kappa shape index (κ2) is 13.8. The number of hydrogen-bond donors (Lipinski definition) is 0. The van der Waals surface area contributed by atoms with Gasteiger partial charge in [0.25, 0.3) is 0 Å². The Balaban J connectivity index is 1.46. The third-order valence-corrected chi connectivity index (χ3v) is 15.5. The third-order valence-electron chi connectivity index (χ3n) is 9.25. The lowest BCUT2D eigenvalue weighted by Gasteiger charge is -2.41. The second-order valence-corrected chi connectivity index (χ2v) is 16.1. The van der Waals surface area contributed by atoms with Crippen molar-refractivity contribution in [3.05, 3.63) is 121 Å². The molecule has 6 rings (SSSR count). The summed E-state index contributed by atoms with van der Waals surface area (Å²) in [6.07, 6.45) is 2.91. The molecule has 0 N–H and O–H groups in total. The highest BCUT2D eigenvalue weighted by atomic mass is 31.1. The van der Waals surface area contributed by atoms with Crippen LogP contribution in [0.5, 0.6) is 0 Å². The largest absolute Gasteiger partial charge is 0.376 e. The number of fused-ring (bicyclic) bond motifs is 2. The molecule has 2 saturated carbocycles. The summed E-state index contributed by atoms with van der Waals surface area (Å²) in [5, 5.41) is 6.03. The van der Waals surface area contributed by atoms with Crippen molar-refractivity contribution in [2.45, 2.75) is 44.1 Å². The summed E-state index contributed by atoms with van der Waals surface area (Å²) in [4.78, 5) is 2.49. The Hall–Kier alpha value is -2.34. The van der Waals surface area contributed by atoms with Crippen LogP contribution in [0.3, 0.4) is 0 Å². The SMILES string of the molecule is CCN(CC)CCOC1[C@H]2CC[C@@H]1[C@H](P(c1ccccc1)c1ccccc1)[C@H]2P(c1ccccc1)c1ccccc1. The van der Waals surface area contributed by atoms with Gasteiger partial charge in [0, 0.05) is 17.9 Å². The molecule has 0 saturated heterocycles. The maximum absolute atomic E-state index is 7.01. The molecule has 2 aliphatic carbocycles. The van der Waals surface area contributed by atoms with E-state index < -0.39 is 15.8 Å². The number of benzene rings is 4. The Morgan fingerprint density at radius 3 is 1.22 bits per heavy atom. The monoisotopic (exact) mass is 579 g/mol. The predicted molar refractivity (Wildman–Crippen MR) is 179 cm³/mol. The molecule has 0 aromatic heterocycles. The topological polar surface area (TPSA) is 12.5 Å². The van der Waals surface area contributed by atoms with Gasteiger partial charge in [-0.1, -0.05) is 135 Å². The molecule has 5 atom stereocenters. The normalized spacial score (nSPS) is 23.6. The van der Waals surface area contributed by atoms with E-state index in [1.54, 1.807) is 0 Å². The van der Waals surface area contributed by atoms with Gasteiger partial charge >= 0.3 is 0 Å². The second-order valence-electron chi connectivity index (χ2n) is 11.3. The minimum atomic E-state index is -0.554. The van der Waals surface area contributed by atoms with Crippen molar-refractivity contribution < 1.29 is 4.74 Å². The molecular weight excluding hydrogens is 536 g/mol. The Kier molecular flexibility index (Phi) is 9.65. The van der Waals surface area contributed by atoms with E-state index in [0.29, 0.717) is 29.3 Å². The van der Waals surface area contributed by atoms with Crippen molar-refractivity contribution in [1.82, 2.24) is 4.90 Å². The molecule has 2 aliphatic rings. The van der Waals surface area contributed by atoms with Gasteiger partial charge in [0.2, 0.25) is 0 Å². The molecule has 0 aliphatic heterocycles. The Bertz CT molecular complexity index is 1160. The van der Waals surface area contributed by atoms with Crippen LogP contribution in [-0.4, -0.2) is 48.6 Å². The lowest BCUT2D eigenvalue weighted by molar-refractivity contribution is 0.0127. The molecule has 4 aromatic rings. The Morgan fingerprint density at radius 2 is 0.902 bits per heavy atom. The predicted octanol–water partition coefficient (Wildman–Crippen LogP) is 6.76. The summed E-state index contributed by atoms with van der Waals surface area (Å²) in [6, 6.07) is 45.8. The van der Waals surface area contributed by atoms with E-state index in [-0.39, 0.29) is 0 Å². The summed E-state index contributed by atoms with van der Waals surface area (Å²) in [5.74, 6) is 1.18. The van der Waals surface area contributed by atoms with Crippen molar-refractivity contribution in [2.24, 2.45) is 11.8 Å². The maximum Gasteiger partial charge on any atom is 0.0645 e. The Morgan fingerprint density at radius 1 is 0.561 bits per heavy atom. The van der Waals surface area contributed by atoms with Crippen LogP contribution in [0.25, 0.3) is 0 Å². The van der Waals surface area contributed by atoms with Gasteiger partial charge in [0.05, 0.1) is 12.7 Å². The molecule has 0 heterocycles. The first-order valence-electron chi connectivity index (χ1n) is 15.4. The average molecular weight is 580 g/mol. The Labute approximate surface area is 249 Å². The van der Waals surface area contributed by atoms with Crippen LogP contribution >= 0.6 is 15.8 Å². The first-order valence-corrected chi connectivity index (χ1v) is 18.2.